The Morgan fingerprint density at radius 3 is 2.50 bits per heavy atom. The van der Waals surface area contributed by atoms with Crippen molar-refractivity contribution in [2.24, 2.45) is 0 Å². The third kappa shape index (κ3) is 3.78. The van der Waals surface area contributed by atoms with Crippen LogP contribution in [0.2, 0.25) is 5.02 Å². The number of rotatable bonds is 6. The molecule has 2 aromatic carbocycles. The van der Waals surface area contributed by atoms with Gasteiger partial charge in [0.15, 0.2) is 0 Å². The number of halogens is 1. The Morgan fingerprint density at radius 2 is 1.82 bits per heavy atom. The van der Waals surface area contributed by atoms with Gasteiger partial charge in [0, 0.05) is 19.2 Å². The maximum atomic E-state index is 12.2. The van der Waals surface area contributed by atoms with E-state index in [9.17, 15) is 4.79 Å². The Labute approximate surface area is 135 Å². The van der Waals surface area contributed by atoms with Crippen LogP contribution in [0, 0.1) is 0 Å². The molecule has 0 bridgehead atoms. The number of para-hydroxylation sites is 1. The Morgan fingerprint density at radius 1 is 1.14 bits per heavy atom. The van der Waals surface area contributed by atoms with E-state index in [1.165, 1.54) is 0 Å². The van der Waals surface area contributed by atoms with E-state index in [4.69, 9.17) is 21.1 Å². The van der Waals surface area contributed by atoms with Crippen LogP contribution in [0.5, 0.6) is 5.75 Å². The summed E-state index contributed by atoms with van der Waals surface area (Å²) < 4.78 is 10.8. The average molecular weight is 320 g/mol. The molecule has 0 heterocycles. The zero-order valence-electron chi connectivity index (χ0n) is 12.5. The fraction of sp³-hybridized carbons (Fsp3) is 0.235. The monoisotopic (exact) mass is 319 g/mol. The first-order valence-electron chi connectivity index (χ1n) is 6.85. The van der Waals surface area contributed by atoms with Crippen LogP contribution < -0.4 is 10.1 Å². The van der Waals surface area contributed by atoms with Crippen molar-refractivity contribution >= 4 is 17.5 Å². The van der Waals surface area contributed by atoms with Crippen LogP contribution in [-0.4, -0.2) is 26.7 Å². The van der Waals surface area contributed by atoms with Crippen LogP contribution in [0.1, 0.15) is 22.0 Å². The lowest BCUT2D eigenvalue weighted by atomic mass is 10.1. The maximum absolute atomic E-state index is 12.2. The number of hydrogen-bond acceptors (Lipinski definition) is 3. The summed E-state index contributed by atoms with van der Waals surface area (Å²) in [6.07, 6.45) is -0.303. The van der Waals surface area contributed by atoms with Crippen molar-refractivity contribution in [3.8, 4) is 5.75 Å². The number of carbonyl (C=O) groups excluding carboxylic acids is 1. The summed E-state index contributed by atoms with van der Waals surface area (Å²) in [5.41, 5.74) is 1.33. The van der Waals surface area contributed by atoms with Crippen molar-refractivity contribution in [1.29, 1.82) is 0 Å². The molecule has 0 aliphatic heterocycles. The van der Waals surface area contributed by atoms with Gasteiger partial charge < -0.3 is 14.8 Å². The Bertz CT molecular complexity index is 645. The molecule has 1 N–H and O–H groups in total. The summed E-state index contributed by atoms with van der Waals surface area (Å²) in [6, 6.07) is 14.5. The second-order valence-corrected chi connectivity index (χ2v) is 5.06. The highest BCUT2D eigenvalue weighted by atomic mass is 35.5. The Balaban J connectivity index is 2.08. The highest BCUT2D eigenvalue weighted by Crippen LogP contribution is 2.26. The molecule has 0 unspecified atom stereocenters. The second kappa shape index (κ2) is 7.82. The molecule has 1 atom stereocenters. The molecule has 0 saturated heterocycles. The topological polar surface area (TPSA) is 47.6 Å². The van der Waals surface area contributed by atoms with E-state index in [2.05, 4.69) is 5.32 Å². The van der Waals surface area contributed by atoms with Gasteiger partial charge in [-0.1, -0.05) is 41.9 Å². The van der Waals surface area contributed by atoms with E-state index >= 15 is 0 Å². The van der Waals surface area contributed by atoms with E-state index in [0.717, 1.165) is 11.3 Å². The van der Waals surface area contributed by atoms with Crippen LogP contribution in [0.15, 0.2) is 48.5 Å². The molecular weight excluding hydrogens is 302 g/mol. The molecule has 2 aromatic rings. The minimum Gasteiger partial charge on any atom is -0.496 e. The van der Waals surface area contributed by atoms with Gasteiger partial charge in [-0.15, -0.1) is 0 Å². The van der Waals surface area contributed by atoms with E-state index in [-0.39, 0.29) is 12.0 Å². The highest BCUT2D eigenvalue weighted by Gasteiger charge is 2.17. The van der Waals surface area contributed by atoms with E-state index in [1.54, 1.807) is 38.5 Å². The van der Waals surface area contributed by atoms with Crippen molar-refractivity contribution in [3.05, 3.63) is 64.7 Å². The van der Waals surface area contributed by atoms with Gasteiger partial charge in [0.1, 0.15) is 11.9 Å². The minimum absolute atomic E-state index is 0.234. The summed E-state index contributed by atoms with van der Waals surface area (Å²) in [7, 11) is 3.20. The van der Waals surface area contributed by atoms with Crippen LogP contribution in [0.4, 0.5) is 0 Å². The zero-order valence-corrected chi connectivity index (χ0v) is 13.3. The summed E-state index contributed by atoms with van der Waals surface area (Å²) in [6.45, 7) is 0.320. The number of carbonyl (C=O) groups is 1. The van der Waals surface area contributed by atoms with E-state index < -0.39 is 0 Å². The highest BCUT2D eigenvalue weighted by molar-refractivity contribution is 6.33. The summed E-state index contributed by atoms with van der Waals surface area (Å²) >= 11 is 6.02. The fourth-order valence-corrected chi connectivity index (χ4v) is 2.40. The molecule has 0 fully saturated rings. The smallest absolute Gasteiger partial charge is 0.252 e. The second-order valence-electron chi connectivity index (χ2n) is 4.66. The third-order valence-corrected chi connectivity index (χ3v) is 3.67. The van der Waals surface area contributed by atoms with E-state index in [0.29, 0.717) is 17.1 Å². The van der Waals surface area contributed by atoms with Crippen LogP contribution in [0.3, 0.4) is 0 Å². The molecule has 0 aliphatic carbocycles. The lowest BCUT2D eigenvalue weighted by Gasteiger charge is -2.19. The van der Waals surface area contributed by atoms with Crippen LogP contribution >= 0.6 is 11.6 Å². The molecule has 2 rings (SSSR count). The molecule has 5 heteroatoms. The van der Waals surface area contributed by atoms with Gasteiger partial charge in [0.25, 0.3) is 5.91 Å². The van der Waals surface area contributed by atoms with Crippen molar-refractivity contribution in [2.45, 2.75) is 6.10 Å². The molecule has 0 aliphatic rings. The van der Waals surface area contributed by atoms with Gasteiger partial charge in [-0.3, -0.25) is 4.79 Å². The largest absolute Gasteiger partial charge is 0.496 e. The number of nitrogens with one attached hydrogen (secondary N) is 1. The predicted molar refractivity (Wildman–Crippen MR) is 86.5 cm³/mol. The van der Waals surface area contributed by atoms with Crippen molar-refractivity contribution in [1.82, 2.24) is 5.32 Å². The van der Waals surface area contributed by atoms with Gasteiger partial charge in [-0.05, 0) is 18.2 Å². The molecule has 0 saturated carbocycles. The van der Waals surface area contributed by atoms with E-state index in [1.807, 2.05) is 24.3 Å². The number of amides is 1. The quantitative estimate of drug-likeness (QED) is 0.887. The molecule has 0 spiro atoms. The zero-order chi connectivity index (χ0) is 15.9. The van der Waals surface area contributed by atoms with Crippen molar-refractivity contribution < 1.29 is 14.3 Å². The molecule has 4 nitrogen and oxygen atoms in total. The minimum atomic E-state index is -0.303. The van der Waals surface area contributed by atoms with Gasteiger partial charge in [0.05, 0.1) is 17.7 Å². The summed E-state index contributed by atoms with van der Waals surface area (Å²) in [5, 5.41) is 3.26. The number of hydrogen-bond donors (Lipinski definition) is 1. The summed E-state index contributed by atoms with van der Waals surface area (Å²) in [4.78, 5) is 12.2. The van der Waals surface area contributed by atoms with Crippen molar-refractivity contribution in [2.75, 3.05) is 20.8 Å². The molecule has 0 radical (unpaired) electrons. The SMILES string of the molecule is COc1ccccc1[C@@H](CNC(=O)c1ccccc1Cl)OC. The number of ether oxygens (including phenoxy) is 2. The predicted octanol–water partition coefficient (Wildman–Crippen LogP) is 3.47. The molecule has 1 amide bonds. The van der Waals surface area contributed by atoms with Gasteiger partial charge >= 0.3 is 0 Å². The van der Waals surface area contributed by atoms with Gasteiger partial charge in [-0.25, -0.2) is 0 Å². The van der Waals surface area contributed by atoms with Gasteiger partial charge in [0.2, 0.25) is 0 Å². The molecule has 0 aromatic heterocycles. The van der Waals surface area contributed by atoms with Gasteiger partial charge in [-0.2, -0.15) is 0 Å². The summed E-state index contributed by atoms with van der Waals surface area (Å²) in [5.74, 6) is 0.490. The van der Waals surface area contributed by atoms with Crippen LogP contribution in [-0.2, 0) is 4.74 Å². The first-order valence-corrected chi connectivity index (χ1v) is 7.23. The lowest BCUT2D eigenvalue weighted by Crippen LogP contribution is -2.29. The molecule has 116 valence electrons. The first kappa shape index (κ1) is 16.3. The number of methoxy groups -OCH3 is 2. The Hall–Kier alpha value is -2.04. The fourth-order valence-electron chi connectivity index (χ4n) is 2.18. The lowest BCUT2D eigenvalue weighted by molar-refractivity contribution is 0.0819. The third-order valence-electron chi connectivity index (χ3n) is 3.34. The first-order chi connectivity index (χ1) is 10.7. The normalized spacial score (nSPS) is 11.8. The van der Waals surface area contributed by atoms with Crippen LogP contribution in [0.25, 0.3) is 0 Å². The molecular formula is C17H18ClNO3. The molecule has 22 heavy (non-hydrogen) atoms. The maximum Gasteiger partial charge on any atom is 0.252 e. The average Bonchev–Trinajstić information content (AvgIpc) is 2.56. The number of benzene rings is 2. The van der Waals surface area contributed by atoms with Crippen molar-refractivity contribution in [3.63, 3.8) is 0 Å². The Kier molecular flexibility index (Phi) is 5.81. The standard InChI is InChI=1S/C17H18ClNO3/c1-21-15-10-6-4-8-13(15)16(22-2)11-19-17(20)12-7-3-5-9-14(12)18/h3-10,16H,11H2,1-2H3,(H,19,20)/t16-/m1/s1.